The smallest absolute Gasteiger partial charge is 0.243 e. The number of hydrogen-bond acceptors (Lipinski definition) is 4. The molecule has 1 saturated carbocycles. The molecule has 2 amide bonds. The summed E-state index contributed by atoms with van der Waals surface area (Å²) in [5.74, 6) is 1.10. The van der Waals surface area contributed by atoms with Crippen LogP contribution in [0.25, 0.3) is 0 Å². The van der Waals surface area contributed by atoms with E-state index in [9.17, 15) is 18.0 Å². The highest BCUT2D eigenvalue weighted by Gasteiger charge is 2.39. The van der Waals surface area contributed by atoms with Crippen LogP contribution in [0.15, 0.2) is 23.1 Å². The Kier molecular flexibility index (Phi) is 6.48. The van der Waals surface area contributed by atoms with Gasteiger partial charge in [0.2, 0.25) is 21.8 Å². The van der Waals surface area contributed by atoms with Crippen LogP contribution in [0.5, 0.6) is 0 Å². The first-order valence-corrected chi connectivity index (χ1v) is 14.4. The third kappa shape index (κ3) is 4.28. The molecule has 1 aromatic carbocycles. The molecule has 0 radical (unpaired) electrons. The van der Waals surface area contributed by atoms with E-state index >= 15 is 0 Å². The van der Waals surface area contributed by atoms with Crippen molar-refractivity contribution in [3.05, 3.63) is 23.8 Å². The summed E-state index contributed by atoms with van der Waals surface area (Å²) in [5.41, 5.74) is 1.80. The zero-order chi connectivity index (χ0) is 24.0. The molecule has 0 N–H and O–H groups in total. The van der Waals surface area contributed by atoms with Gasteiger partial charge in [0.1, 0.15) is 0 Å². The maximum absolute atomic E-state index is 13.4. The van der Waals surface area contributed by atoms with Crippen LogP contribution < -0.4 is 4.90 Å². The zero-order valence-corrected chi connectivity index (χ0v) is 21.2. The molecule has 3 aliphatic heterocycles. The van der Waals surface area contributed by atoms with E-state index in [0.717, 1.165) is 56.4 Å². The maximum Gasteiger partial charge on any atom is 0.243 e. The summed E-state index contributed by atoms with van der Waals surface area (Å²) >= 11 is 0. The summed E-state index contributed by atoms with van der Waals surface area (Å²) < 4.78 is 28.4. The Balaban J connectivity index is 1.25. The summed E-state index contributed by atoms with van der Waals surface area (Å²) in [6, 6.07) is 5.29. The molecule has 3 heterocycles. The number of amides is 2. The summed E-state index contributed by atoms with van der Waals surface area (Å²) in [6.07, 6.45) is 6.98. The molecule has 0 bridgehead atoms. The highest BCUT2D eigenvalue weighted by Crippen LogP contribution is 2.39. The normalized spacial score (nSPS) is 25.3. The highest BCUT2D eigenvalue weighted by atomic mass is 32.2. The van der Waals surface area contributed by atoms with Crippen LogP contribution in [0, 0.1) is 17.8 Å². The summed E-state index contributed by atoms with van der Waals surface area (Å²) in [4.78, 5) is 30.0. The van der Waals surface area contributed by atoms with Crippen LogP contribution in [0.1, 0.15) is 64.4 Å². The molecule has 5 rings (SSSR count). The van der Waals surface area contributed by atoms with E-state index in [1.54, 1.807) is 12.1 Å². The number of anilines is 1. The van der Waals surface area contributed by atoms with Gasteiger partial charge in [0.25, 0.3) is 0 Å². The van der Waals surface area contributed by atoms with E-state index in [4.69, 9.17) is 0 Å². The second kappa shape index (κ2) is 9.26. The molecule has 4 aliphatic rings. The monoisotopic (exact) mass is 487 g/mol. The molecule has 1 atom stereocenters. The van der Waals surface area contributed by atoms with Crippen molar-refractivity contribution in [2.75, 3.05) is 31.1 Å². The van der Waals surface area contributed by atoms with Gasteiger partial charge in [-0.3, -0.25) is 9.59 Å². The number of sulfonamides is 1. The minimum absolute atomic E-state index is 0.0561. The van der Waals surface area contributed by atoms with Gasteiger partial charge < -0.3 is 9.80 Å². The number of carbonyl (C=O) groups excluding carboxylic acids is 2. The average Bonchev–Trinajstić information content (AvgIpc) is 3.13. The molecular formula is C26H37N3O4S. The lowest BCUT2D eigenvalue weighted by molar-refractivity contribution is -0.138. The van der Waals surface area contributed by atoms with E-state index in [-0.39, 0.29) is 29.7 Å². The molecule has 0 aromatic heterocycles. The van der Waals surface area contributed by atoms with Crippen LogP contribution >= 0.6 is 0 Å². The fourth-order valence-electron chi connectivity index (χ4n) is 5.93. The van der Waals surface area contributed by atoms with Gasteiger partial charge in [-0.1, -0.05) is 13.3 Å². The lowest BCUT2D eigenvalue weighted by Crippen LogP contribution is -2.46. The topological polar surface area (TPSA) is 78.0 Å². The first-order chi connectivity index (χ1) is 16.3. The minimum Gasteiger partial charge on any atom is -0.342 e. The predicted molar refractivity (Wildman–Crippen MR) is 131 cm³/mol. The lowest BCUT2D eigenvalue weighted by Gasteiger charge is -2.36. The van der Waals surface area contributed by atoms with Gasteiger partial charge in [-0.2, -0.15) is 4.31 Å². The number of benzene rings is 1. The standard InChI is InChI=1S/C26H37N3O4S/c1-18-8-12-27(13-9-18)25(30)21-10-14-28(15-11-21)34(32,33)23-6-7-24-22(17-23)16-19(2)29(24)26(31)20-4-3-5-20/h6-7,17-21H,3-5,8-16H2,1-2H3/t19-/m1/s1. The Morgan fingerprint density at radius 2 is 1.50 bits per heavy atom. The van der Waals surface area contributed by atoms with Gasteiger partial charge in [0, 0.05) is 49.7 Å². The summed E-state index contributed by atoms with van der Waals surface area (Å²) in [6.45, 7) is 6.67. The Bertz CT molecular complexity index is 1050. The Hall–Kier alpha value is -1.93. The van der Waals surface area contributed by atoms with E-state index in [1.807, 2.05) is 22.8 Å². The second-order valence-corrected chi connectivity index (χ2v) is 12.8. The molecule has 1 aliphatic carbocycles. The summed E-state index contributed by atoms with van der Waals surface area (Å²) in [7, 11) is -3.62. The van der Waals surface area contributed by atoms with Crippen molar-refractivity contribution < 1.29 is 18.0 Å². The molecule has 8 heteroatoms. The van der Waals surface area contributed by atoms with Crippen molar-refractivity contribution in [2.45, 2.75) is 76.2 Å². The number of piperidine rings is 2. The molecule has 7 nitrogen and oxygen atoms in total. The second-order valence-electron chi connectivity index (χ2n) is 10.9. The first-order valence-electron chi connectivity index (χ1n) is 13.0. The van der Waals surface area contributed by atoms with Gasteiger partial charge in [0.05, 0.1) is 4.90 Å². The quantitative estimate of drug-likeness (QED) is 0.652. The molecule has 1 aromatic rings. The third-order valence-corrected chi connectivity index (χ3v) is 10.4. The lowest BCUT2D eigenvalue weighted by atomic mass is 9.84. The van der Waals surface area contributed by atoms with Gasteiger partial charge in [-0.15, -0.1) is 0 Å². The van der Waals surface area contributed by atoms with Crippen molar-refractivity contribution in [1.82, 2.24) is 9.21 Å². The van der Waals surface area contributed by atoms with E-state index in [1.165, 1.54) is 4.31 Å². The third-order valence-electron chi connectivity index (χ3n) is 8.49. The maximum atomic E-state index is 13.4. The Labute approximate surface area is 203 Å². The van der Waals surface area contributed by atoms with Crippen molar-refractivity contribution in [3.63, 3.8) is 0 Å². The highest BCUT2D eigenvalue weighted by molar-refractivity contribution is 7.89. The fraction of sp³-hybridized carbons (Fsp3) is 0.692. The van der Waals surface area contributed by atoms with Crippen LogP contribution in [-0.2, 0) is 26.0 Å². The molecule has 0 spiro atoms. The number of rotatable bonds is 4. The van der Waals surface area contributed by atoms with E-state index < -0.39 is 10.0 Å². The van der Waals surface area contributed by atoms with Crippen LogP contribution in [0.2, 0.25) is 0 Å². The Morgan fingerprint density at radius 1 is 0.853 bits per heavy atom. The zero-order valence-electron chi connectivity index (χ0n) is 20.4. The van der Waals surface area contributed by atoms with Crippen LogP contribution in [-0.4, -0.2) is 61.7 Å². The van der Waals surface area contributed by atoms with E-state index in [2.05, 4.69) is 6.92 Å². The van der Waals surface area contributed by atoms with Crippen LogP contribution in [0.3, 0.4) is 0 Å². The Morgan fingerprint density at radius 3 is 2.12 bits per heavy atom. The minimum atomic E-state index is -3.62. The van der Waals surface area contributed by atoms with Gasteiger partial charge >= 0.3 is 0 Å². The number of nitrogens with zero attached hydrogens (tertiary/aromatic N) is 3. The number of fused-ring (bicyclic) bond motifs is 1. The molecule has 186 valence electrons. The molecular weight excluding hydrogens is 450 g/mol. The van der Waals surface area contributed by atoms with Crippen LogP contribution in [0.4, 0.5) is 5.69 Å². The number of likely N-dealkylation sites (tertiary alicyclic amines) is 1. The van der Waals surface area contributed by atoms with Crippen molar-refractivity contribution in [3.8, 4) is 0 Å². The van der Waals surface area contributed by atoms with Gasteiger partial charge in [0.15, 0.2) is 0 Å². The van der Waals surface area contributed by atoms with Crippen molar-refractivity contribution in [1.29, 1.82) is 0 Å². The van der Waals surface area contributed by atoms with Gasteiger partial charge in [-0.05, 0) is 81.5 Å². The first kappa shape index (κ1) is 23.8. The SMILES string of the molecule is CC1CCN(C(=O)C2CCN(S(=O)(=O)c3ccc4c(c3)C[C@@H](C)N4C(=O)C3CCC3)CC2)CC1. The molecule has 34 heavy (non-hydrogen) atoms. The van der Waals surface area contributed by atoms with Crippen molar-refractivity contribution >= 4 is 27.5 Å². The number of carbonyl (C=O) groups is 2. The molecule has 2 saturated heterocycles. The largest absolute Gasteiger partial charge is 0.342 e. The number of hydrogen-bond donors (Lipinski definition) is 0. The summed E-state index contributed by atoms with van der Waals surface area (Å²) in [5, 5.41) is 0. The fourth-order valence-corrected chi connectivity index (χ4v) is 7.46. The molecule has 0 unspecified atom stereocenters. The molecule has 3 fully saturated rings. The predicted octanol–water partition coefficient (Wildman–Crippen LogP) is 3.42. The van der Waals surface area contributed by atoms with Crippen molar-refractivity contribution in [2.24, 2.45) is 17.8 Å². The average molecular weight is 488 g/mol. The van der Waals surface area contributed by atoms with Gasteiger partial charge in [-0.25, -0.2) is 8.42 Å². The van der Waals surface area contributed by atoms with E-state index in [0.29, 0.717) is 43.2 Å².